The zero-order chi connectivity index (χ0) is 9.84. The van der Waals surface area contributed by atoms with Gasteiger partial charge < -0.3 is 4.74 Å². The zero-order valence-electron chi connectivity index (χ0n) is 7.60. The van der Waals surface area contributed by atoms with Crippen molar-refractivity contribution < 1.29 is 4.74 Å². The quantitative estimate of drug-likeness (QED) is 0.744. The molecule has 68 valence electrons. The largest absolute Gasteiger partial charge is 0.497 e. The van der Waals surface area contributed by atoms with Crippen molar-refractivity contribution in [1.29, 1.82) is 5.26 Å². The van der Waals surface area contributed by atoms with E-state index in [9.17, 15) is 0 Å². The minimum atomic E-state index is 0.675. The topological polar surface area (TPSA) is 33.0 Å². The predicted molar refractivity (Wildman–Crippen MR) is 55.1 cm³/mol. The molecule has 0 unspecified atom stereocenters. The van der Waals surface area contributed by atoms with E-state index in [-0.39, 0.29) is 0 Å². The molecule has 0 aliphatic carbocycles. The molecule has 0 atom stereocenters. The molecular weight excluding hydrogens is 230 g/mol. The van der Waals surface area contributed by atoms with Gasteiger partial charge in [-0.2, -0.15) is 5.26 Å². The first-order valence-electron chi connectivity index (χ1n) is 3.86. The van der Waals surface area contributed by atoms with Crippen LogP contribution in [0.15, 0.2) is 12.1 Å². The highest BCUT2D eigenvalue weighted by atomic mass is 79.9. The number of aryl methyl sites for hydroxylation is 1. The Morgan fingerprint density at radius 2 is 2.23 bits per heavy atom. The minimum Gasteiger partial charge on any atom is -0.497 e. The number of hydrogen-bond donors (Lipinski definition) is 0. The van der Waals surface area contributed by atoms with Gasteiger partial charge in [-0.3, -0.25) is 0 Å². The second kappa shape index (κ2) is 4.29. The Balaban J connectivity index is 3.31. The Bertz CT molecular complexity index is 355. The number of methoxy groups -OCH3 is 1. The van der Waals surface area contributed by atoms with Gasteiger partial charge in [0.2, 0.25) is 0 Å². The summed E-state index contributed by atoms with van der Waals surface area (Å²) >= 11 is 3.34. The summed E-state index contributed by atoms with van der Waals surface area (Å²) in [5.41, 5.74) is 2.66. The van der Waals surface area contributed by atoms with E-state index in [2.05, 4.69) is 22.0 Å². The maximum atomic E-state index is 8.88. The van der Waals surface area contributed by atoms with Crippen molar-refractivity contribution in [3.8, 4) is 11.8 Å². The van der Waals surface area contributed by atoms with Crippen LogP contribution in [0.5, 0.6) is 5.75 Å². The molecule has 0 amide bonds. The third-order valence-electron chi connectivity index (χ3n) is 1.88. The second-order valence-corrected chi connectivity index (χ2v) is 3.28. The normalized spacial score (nSPS) is 9.38. The first kappa shape index (κ1) is 10.1. The number of rotatable bonds is 2. The summed E-state index contributed by atoms with van der Waals surface area (Å²) in [6, 6.07) is 5.92. The molecule has 0 N–H and O–H groups in total. The molecule has 0 aliphatic heterocycles. The smallest absolute Gasteiger partial charge is 0.119 e. The maximum Gasteiger partial charge on any atom is 0.119 e. The van der Waals surface area contributed by atoms with Gasteiger partial charge in [0.25, 0.3) is 0 Å². The van der Waals surface area contributed by atoms with Gasteiger partial charge in [-0.15, -0.1) is 0 Å². The molecule has 0 aliphatic rings. The molecule has 0 heterocycles. The Morgan fingerprint density at radius 3 is 2.69 bits per heavy atom. The molecule has 13 heavy (non-hydrogen) atoms. The molecule has 1 rings (SSSR count). The molecule has 3 heteroatoms. The summed E-state index contributed by atoms with van der Waals surface area (Å²) in [6.07, 6.45) is 0. The number of alkyl halides is 1. The minimum absolute atomic E-state index is 0.675. The molecule has 0 saturated carbocycles. The Hall–Kier alpha value is -1.01. The van der Waals surface area contributed by atoms with Gasteiger partial charge >= 0.3 is 0 Å². The first-order valence-corrected chi connectivity index (χ1v) is 4.98. The van der Waals surface area contributed by atoms with Gasteiger partial charge in [0.05, 0.1) is 18.7 Å². The van der Waals surface area contributed by atoms with Crippen LogP contribution in [0.25, 0.3) is 0 Å². The van der Waals surface area contributed by atoms with Crippen LogP contribution in [0.2, 0.25) is 0 Å². The average molecular weight is 240 g/mol. The Morgan fingerprint density at radius 1 is 1.54 bits per heavy atom. The van der Waals surface area contributed by atoms with Crippen LogP contribution in [-0.4, -0.2) is 7.11 Å². The maximum absolute atomic E-state index is 8.88. The highest BCUT2D eigenvalue weighted by Gasteiger charge is 2.06. The molecule has 1 aromatic carbocycles. The molecule has 1 aromatic rings. The Kier molecular flexibility index (Phi) is 3.32. The van der Waals surface area contributed by atoms with Crippen molar-refractivity contribution in [2.24, 2.45) is 0 Å². The fraction of sp³-hybridized carbons (Fsp3) is 0.300. The highest BCUT2D eigenvalue weighted by molar-refractivity contribution is 9.08. The lowest BCUT2D eigenvalue weighted by molar-refractivity contribution is 0.414. The van der Waals surface area contributed by atoms with Crippen LogP contribution in [0, 0.1) is 18.3 Å². The lowest BCUT2D eigenvalue weighted by Crippen LogP contribution is -1.93. The second-order valence-electron chi connectivity index (χ2n) is 2.72. The molecule has 0 radical (unpaired) electrons. The highest BCUT2D eigenvalue weighted by Crippen LogP contribution is 2.23. The summed E-state index contributed by atoms with van der Waals surface area (Å²) in [7, 11) is 1.62. The van der Waals surface area contributed by atoms with E-state index < -0.39 is 0 Å². The van der Waals surface area contributed by atoms with Crippen molar-refractivity contribution in [3.05, 3.63) is 28.8 Å². The first-order chi connectivity index (χ1) is 6.22. The van der Waals surface area contributed by atoms with Crippen molar-refractivity contribution in [1.82, 2.24) is 0 Å². The van der Waals surface area contributed by atoms with Crippen LogP contribution in [0.4, 0.5) is 0 Å². The van der Waals surface area contributed by atoms with Crippen molar-refractivity contribution in [3.63, 3.8) is 0 Å². The van der Waals surface area contributed by atoms with Crippen LogP contribution in [0.1, 0.15) is 16.7 Å². The monoisotopic (exact) mass is 239 g/mol. The van der Waals surface area contributed by atoms with Crippen molar-refractivity contribution in [2.45, 2.75) is 12.3 Å². The van der Waals surface area contributed by atoms with E-state index in [0.29, 0.717) is 5.33 Å². The summed E-state index contributed by atoms with van der Waals surface area (Å²) in [5.74, 6) is 0.797. The predicted octanol–water partition coefficient (Wildman–Crippen LogP) is 2.77. The number of ether oxygens (including phenoxy) is 1. The summed E-state index contributed by atoms with van der Waals surface area (Å²) < 4.78 is 5.11. The number of hydrogen-bond acceptors (Lipinski definition) is 2. The number of halogens is 1. The van der Waals surface area contributed by atoms with Crippen LogP contribution < -0.4 is 4.74 Å². The third kappa shape index (κ3) is 2.02. The van der Waals surface area contributed by atoms with Crippen molar-refractivity contribution >= 4 is 15.9 Å². The van der Waals surface area contributed by atoms with Crippen LogP contribution in [-0.2, 0) is 5.33 Å². The van der Waals surface area contributed by atoms with E-state index in [1.54, 1.807) is 7.11 Å². The SMILES string of the molecule is COc1cc(C)c(C#N)c(CBr)c1. The average Bonchev–Trinajstić information content (AvgIpc) is 2.16. The van der Waals surface area contributed by atoms with Gasteiger partial charge in [-0.1, -0.05) is 15.9 Å². The van der Waals surface area contributed by atoms with Gasteiger partial charge in [0.15, 0.2) is 0 Å². The number of nitriles is 1. The van der Waals surface area contributed by atoms with E-state index in [4.69, 9.17) is 10.00 Å². The number of nitrogens with zero attached hydrogens (tertiary/aromatic N) is 1. The van der Waals surface area contributed by atoms with Crippen molar-refractivity contribution in [2.75, 3.05) is 7.11 Å². The van der Waals surface area contributed by atoms with E-state index in [1.165, 1.54) is 0 Å². The molecular formula is C10H10BrNO. The third-order valence-corrected chi connectivity index (χ3v) is 2.49. The van der Waals surface area contributed by atoms with Gasteiger partial charge in [0, 0.05) is 5.33 Å². The molecule has 0 saturated heterocycles. The molecule has 2 nitrogen and oxygen atoms in total. The summed E-state index contributed by atoms with van der Waals surface area (Å²) in [5, 5.41) is 9.56. The number of benzene rings is 1. The molecule has 0 fully saturated rings. The van der Waals surface area contributed by atoms with Gasteiger partial charge in [-0.25, -0.2) is 0 Å². The van der Waals surface area contributed by atoms with E-state index in [0.717, 1.165) is 22.4 Å². The van der Waals surface area contributed by atoms with Crippen LogP contribution in [0.3, 0.4) is 0 Å². The summed E-state index contributed by atoms with van der Waals surface area (Å²) in [4.78, 5) is 0. The standard InChI is InChI=1S/C10H10BrNO/c1-7-3-9(13-2)4-8(5-11)10(7)6-12/h3-4H,5H2,1-2H3. The fourth-order valence-electron chi connectivity index (χ4n) is 1.21. The Labute approximate surface area is 86.3 Å². The lowest BCUT2D eigenvalue weighted by Gasteiger charge is -2.07. The molecule has 0 spiro atoms. The molecule has 0 bridgehead atoms. The fourth-order valence-corrected chi connectivity index (χ4v) is 1.65. The lowest BCUT2D eigenvalue weighted by atomic mass is 10.0. The van der Waals surface area contributed by atoms with Gasteiger partial charge in [0.1, 0.15) is 5.75 Å². The van der Waals surface area contributed by atoms with Crippen LogP contribution >= 0.6 is 15.9 Å². The molecule has 0 aromatic heterocycles. The van der Waals surface area contributed by atoms with E-state index >= 15 is 0 Å². The summed E-state index contributed by atoms with van der Waals surface area (Å²) in [6.45, 7) is 1.91. The van der Waals surface area contributed by atoms with Gasteiger partial charge in [-0.05, 0) is 30.2 Å². The van der Waals surface area contributed by atoms with E-state index in [1.807, 2.05) is 19.1 Å². The zero-order valence-corrected chi connectivity index (χ0v) is 9.18.